The third-order valence-corrected chi connectivity index (χ3v) is 4.35. The van der Waals surface area contributed by atoms with Crippen molar-refractivity contribution in [3.05, 3.63) is 35.7 Å². The fourth-order valence-electron chi connectivity index (χ4n) is 2.92. The van der Waals surface area contributed by atoms with Gasteiger partial charge in [-0.2, -0.15) is 0 Å². The van der Waals surface area contributed by atoms with Gasteiger partial charge in [0.05, 0.1) is 5.60 Å². The summed E-state index contributed by atoms with van der Waals surface area (Å²) in [6, 6.07) is 4.00. The molecule has 0 radical (unpaired) electrons. The fraction of sp³-hybridized carbons (Fsp3) is 0.600. The zero-order valence-electron chi connectivity index (χ0n) is 15.8. The summed E-state index contributed by atoms with van der Waals surface area (Å²) >= 11 is 0. The number of allylic oxidation sites excluding steroid dienone is 1. The Bertz CT molecular complexity index is 612. The van der Waals surface area contributed by atoms with E-state index in [1.165, 1.54) is 0 Å². The Morgan fingerprint density at radius 2 is 2.08 bits per heavy atom. The molecule has 1 aliphatic heterocycles. The quantitative estimate of drug-likeness (QED) is 0.897. The van der Waals surface area contributed by atoms with Gasteiger partial charge in [-0.05, 0) is 71.1 Å². The monoisotopic (exact) mass is 346 g/mol. The van der Waals surface area contributed by atoms with Gasteiger partial charge >= 0.3 is 6.09 Å². The number of aromatic nitrogens is 1. The van der Waals surface area contributed by atoms with Crippen molar-refractivity contribution in [3.8, 4) is 0 Å². The Kier molecular flexibility index (Phi) is 6.22. The van der Waals surface area contributed by atoms with Gasteiger partial charge in [-0.15, -0.1) is 0 Å². The molecule has 1 amide bonds. The van der Waals surface area contributed by atoms with Crippen molar-refractivity contribution in [2.24, 2.45) is 0 Å². The lowest BCUT2D eigenvalue weighted by atomic mass is 9.87. The highest BCUT2D eigenvalue weighted by Crippen LogP contribution is 2.28. The second-order valence-corrected chi connectivity index (χ2v) is 7.86. The lowest BCUT2D eigenvalue weighted by Gasteiger charge is -2.38. The molecule has 2 heterocycles. The Labute approximate surface area is 150 Å². The number of nitrogens with zero attached hydrogens (tertiary/aromatic N) is 2. The van der Waals surface area contributed by atoms with E-state index in [9.17, 15) is 9.90 Å². The van der Waals surface area contributed by atoms with Crippen molar-refractivity contribution in [1.29, 1.82) is 0 Å². The van der Waals surface area contributed by atoms with Crippen molar-refractivity contribution >= 4 is 12.2 Å². The molecule has 0 aromatic carbocycles. The molecular weight excluding hydrogens is 316 g/mol. The van der Waals surface area contributed by atoms with E-state index in [-0.39, 0.29) is 6.09 Å². The van der Waals surface area contributed by atoms with E-state index in [4.69, 9.17) is 4.74 Å². The molecular formula is C20H30N2O3. The van der Waals surface area contributed by atoms with E-state index in [0.29, 0.717) is 32.4 Å². The third kappa shape index (κ3) is 6.50. The summed E-state index contributed by atoms with van der Waals surface area (Å²) in [4.78, 5) is 17.9. The van der Waals surface area contributed by atoms with E-state index in [1.807, 2.05) is 39.8 Å². The van der Waals surface area contributed by atoms with Gasteiger partial charge in [-0.1, -0.05) is 12.2 Å². The van der Waals surface area contributed by atoms with Crippen molar-refractivity contribution < 1.29 is 14.6 Å². The molecule has 2 rings (SSSR count). The zero-order valence-corrected chi connectivity index (χ0v) is 15.8. The maximum absolute atomic E-state index is 12.1. The minimum atomic E-state index is -0.697. The van der Waals surface area contributed by atoms with Gasteiger partial charge in [0.1, 0.15) is 5.60 Å². The topological polar surface area (TPSA) is 62.7 Å². The van der Waals surface area contributed by atoms with Gasteiger partial charge in [0.2, 0.25) is 0 Å². The molecule has 0 saturated carbocycles. The highest BCUT2D eigenvalue weighted by Gasteiger charge is 2.34. The highest BCUT2D eigenvalue weighted by molar-refractivity contribution is 5.68. The van der Waals surface area contributed by atoms with Crippen LogP contribution in [-0.4, -0.2) is 45.4 Å². The first kappa shape index (κ1) is 19.4. The largest absolute Gasteiger partial charge is 0.444 e. The van der Waals surface area contributed by atoms with Crippen LogP contribution >= 0.6 is 0 Å². The molecule has 0 atom stereocenters. The normalized spacial score (nSPS) is 17.7. The number of likely N-dealkylation sites (tertiary alicyclic amines) is 1. The number of hydrogen-bond acceptors (Lipinski definition) is 4. The van der Waals surface area contributed by atoms with Crippen LogP contribution in [0.25, 0.3) is 6.08 Å². The van der Waals surface area contributed by atoms with Crippen LogP contribution in [0, 0.1) is 6.92 Å². The molecule has 1 N–H and O–H groups in total. The van der Waals surface area contributed by atoms with Crippen LogP contribution in [-0.2, 0) is 4.74 Å². The zero-order chi connectivity index (χ0) is 18.5. The van der Waals surface area contributed by atoms with Crippen LogP contribution < -0.4 is 0 Å². The van der Waals surface area contributed by atoms with Crippen LogP contribution in [0.4, 0.5) is 4.79 Å². The van der Waals surface area contributed by atoms with Crippen molar-refractivity contribution in [3.63, 3.8) is 0 Å². The first-order valence-corrected chi connectivity index (χ1v) is 8.96. The SMILES string of the molecule is Cc1cc(/C=C\CCC2(O)CCN(C(=O)OC(C)(C)C)CC2)ccn1. The van der Waals surface area contributed by atoms with E-state index in [0.717, 1.165) is 17.7 Å². The second-order valence-electron chi connectivity index (χ2n) is 7.86. The molecule has 0 bridgehead atoms. The second kappa shape index (κ2) is 8.00. The molecule has 5 heteroatoms. The van der Waals surface area contributed by atoms with Gasteiger partial charge in [0.25, 0.3) is 0 Å². The molecule has 1 aromatic heterocycles. The maximum atomic E-state index is 12.1. The molecule has 5 nitrogen and oxygen atoms in total. The summed E-state index contributed by atoms with van der Waals surface area (Å²) < 4.78 is 5.39. The predicted molar refractivity (Wildman–Crippen MR) is 99.2 cm³/mol. The van der Waals surface area contributed by atoms with Crippen LogP contribution in [0.3, 0.4) is 0 Å². The van der Waals surface area contributed by atoms with Crippen molar-refractivity contribution in [2.45, 2.75) is 64.6 Å². The molecule has 1 aliphatic rings. The number of carbonyl (C=O) groups excluding carboxylic acids is 1. The average Bonchev–Trinajstić information content (AvgIpc) is 2.51. The molecule has 138 valence electrons. The third-order valence-electron chi connectivity index (χ3n) is 4.35. The number of amides is 1. The summed E-state index contributed by atoms with van der Waals surface area (Å²) in [5.74, 6) is 0. The van der Waals surface area contributed by atoms with Crippen molar-refractivity contribution in [2.75, 3.05) is 13.1 Å². The van der Waals surface area contributed by atoms with Crippen LogP contribution in [0.5, 0.6) is 0 Å². The Hall–Kier alpha value is -1.88. The summed E-state index contributed by atoms with van der Waals surface area (Å²) in [7, 11) is 0. The smallest absolute Gasteiger partial charge is 0.410 e. The molecule has 0 unspecified atom stereocenters. The molecule has 0 spiro atoms. The number of ether oxygens (including phenoxy) is 1. The molecule has 1 saturated heterocycles. The van der Waals surface area contributed by atoms with Crippen LogP contribution in [0.2, 0.25) is 0 Å². The van der Waals surface area contributed by atoms with Gasteiger partial charge in [-0.25, -0.2) is 4.79 Å². The number of rotatable bonds is 4. The fourth-order valence-corrected chi connectivity index (χ4v) is 2.92. The van der Waals surface area contributed by atoms with Crippen molar-refractivity contribution in [1.82, 2.24) is 9.88 Å². The highest BCUT2D eigenvalue weighted by atomic mass is 16.6. The van der Waals surface area contributed by atoms with E-state index >= 15 is 0 Å². The summed E-state index contributed by atoms with van der Waals surface area (Å²) in [5.41, 5.74) is 0.937. The summed E-state index contributed by atoms with van der Waals surface area (Å²) in [6.45, 7) is 8.64. The molecule has 1 fully saturated rings. The van der Waals surface area contributed by atoms with E-state index in [1.54, 1.807) is 11.1 Å². The number of carbonyl (C=O) groups is 1. The van der Waals surface area contributed by atoms with Crippen LogP contribution in [0.15, 0.2) is 24.4 Å². The van der Waals surface area contributed by atoms with Gasteiger partial charge in [0.15, 0.2) is 0 Å². The Morgan fingerprint density at radius 3 is 2.68 bits per heavy atom. The lowest BCUT2D eigenvalue weighted by molar-refractivity contribution is -0.0359. The van der Waals surface area contributed by atoms with Crippen LogP contribution in [0.1, 0.15) is 57.7 Å². The van der Waals surface area contributed by atoms with E-state index < -0.39 is 11.2 Å². The first-order chi connectivity index (χ1) is 11.7. The Morgan fingerprint density at radius 1 is 1.40 bits per heavy atom. The number of pyridine rings is 1. The van der Waals surface area contributed by atoms with Gasteiger partial charge in [0, 0.05) is 25.0 Å². The lowest BCUT2D eigenvalue weighted by Crippen LogP contribution is -2.48. The minimum absolute atomic E-state index is 0.289. The average molecular weight is 346 g/mol. The maximum Gasteiger partial charge on any atom is 0.410 e. The number of hydrogen-bond donors (Lipinski definition) is 1. The van der Waals surface area contributed by atoms with E-state index in [2.05, 4.69) is 17.1 Å². The number of aliphatic hydroxyl groups is 1. The first-order valence-electron chi connectivity index (χ1n) is 8.96. The molecule has 1 aromatic rings. The standard InChI is InChI=1S/C20H30N2O3/c1-16-15-17(8-12-21-16)7-5-6-9-20(24)10-13-22(14-11-20)18(23)25-19(2,3)4/h5,7-8,12,15,24H,6,9-11,13-14H2,1-4H3/b7-5-. The minimum Gasteiger partial charge on any atom is -0.444 e. The molecule has 0 aliphatic carbocycles. The van der Waals surface area contributed by atoms with Gasteiger partial charge in [-0.3, -0.25) is 4.98 Å². The van der Waals surface area contributed by atoms with Gasteiger partial charge < -0.3 is 14.7 Å². The summed E-state index contributed by atoms with van der Waals surface area (Å²) in [5, 5.41) is 10.7. The number of piperidine rings is 1. The Balaban J connectivity index is 1.77. The summed E-state index contributed by atoms with van der Waals surface area (Å²) in [6.07, 6.45) is 8.36. The predicted octanol–water partition coefficient (Wildman–Crippen LogP) is 3.95. The molecule has 25 heavy (non-hydrogen) atoms. The number of aryl methyl sites for hydroxylation is 1.